The highest BCUT2D eigenvalue weighted by Crippen LogP contribution is 2.69. The molecule has 4 saturated carbocycles. The van der Waals surface area contributed by atoms with Gasteiger partial charge in [-0.25, -0.2) is 0 Å². The fourth-order valence-corrected chi connectivity index (χ4v) is 9.45. The molecule has 4 fully saturated rings. The van der Waals surface area contributed by atoms with E-state index in [1.807, 2.05) is 0 Å². The maximum Gasteiger partial charge on any atom is 0.322 e. The van der Waals surface area contributed by atoms with Gasteiger partial charge in [0.1, 0.15) is 6.54 Å². The second-order valence-electron chi connectivity index (χ2n) is 12.6. The quantitative estimate of drug-likeness (QED) is 0.479. The molecule has 1 amide bonds. The molecule has 0 aromatic heterocycles. The maximum atomic E-state index is 12.1. The van der Waals surface area contributed by atoms with Crippen LogP contribution in [0.5, 0.6) is 0 Å². The molecule has 0 aromatic rings. The second-order valence-corrected chi connectivity index (χ2v) is 12.6. The average molecular weight is 464 g/mol. The van der Waals surface area contributed by atoms with E-state index in [4.69, 9.17) is 5.11 Å². The average Bonchev–Trinajstić information content (AvgIpc) is 3.12. The number of carboxylic acid groups (broad SMARTS) is 1. The molecule has 4 aliphatic carbocycles. The van der Waals surface area contributed by atoms with Crippen molar-refractivity contribution in [1.82, 2.24) is 5.32 Å². The van der Waals surface area contributed by atoms with Gasteiger partial charge in [-0.1, -0.05) is 27.7 Å². The smallest absolute Gasteiger partial charge is 0.322 e. The molecular formula is C27H45NO5. The van der Waals surface area contributed by atoms with E-state index in [2.05, 4.69) is 33.0 Å². The van der Waals surface area contributed by atoms with Crippen LogP contribution in [0.4, 0.5) is 0 Å². The Kier molecular flexibility index (Phi) is 6.92. The molecule has 4 aliphatic rings. The van der Waals surface area contributed by atoms with E-state index in [9.17, 15) is 19.8 Å². The number of carbonyl (C=O) groups excluding carboxylic acids is 1. The van der Waals surface area contributed by atoms with Crippen LogP contribution in [-0.2, 0) is 9.59 Å². The van der Waals surface area contributed by atoms with Gasteiger partial charge >= 0.3 is 5.97 Å². The van der Waals surface area contributed by atoms with Crippen LogP contribution < -0.4 is 5.32 Å². The van der Waals surface area contributed by atoms with Gasteiger partial charge in [0, 0.05) is 6.42 Å². The van der Waals surface area contributed by atoms with Crippen molar-refractivity contribution in [2.24, 2.45) is 52.3 Å². The number of hydrogen-bond donors (Lipinski definition) is 4. The lowest BCUT2D eigenvalue weighted by atomic mass is 9.42. The summed E-state index contributed by atoms with van der Waals surface area (Å²) in [6.45, 7) is 9.07. The highest BCUT2D eigenvalue weighted by atomic mass is 16.4. The zero-order chi connectivity index (χ0) is 24.1. The lowest BCUT2D eigenvalue weighted by Crippen LogP contribution is -2.61. The molecule has 4 unspecified atom stereocenters. The molecule has 4 rings (SSSR count). The fourth-order valence-electron chi connectivity index (χ4n) is 9.45. The Morgan fingerprint density at radius 2 is 1.67 bits per heavy atom. The van der Waals surface area contributed by atoms with Crippen molar-refractivity contribution >= 4 is 11.9 Å². The van der Waals surface area contributed by atoms with Crippen LogP contribution >= 0.6 is 0 Å². The number of nitrogens with one attached hydrogen (secondary N) is 1. The van der Waals surface area contributed by atoms with Crippen molar-refractivity contribution in [2.45, 2.75) is 97.7 Å². The first kappa shape index (κ1) is 25.0. The first-order chi connectivity index (χ1) is 15.5. The van der Waals surface area contributed by atoms with Gasteiger partial charge in [0.25, 0.3) is 0 Å². The predicted octanol–water partition coefficient (Wildman–Crippen LogP) is 3.84. The Morgan fingerprint density at radius 3 is 2.36 bits per heavy atom. The van der Waals surface area contributed by atoms with Crippen molar-refractivity contribution in [3.8, 4) is 0 Å². The SMILES string of the molecule is C[C@H](CCC(=O)NCC(=O)O)C1CC[C@H]2[C@@H]3[C@H](O)[C@H](C)C4C[C@H](O)CCC4(C)[C@H]3CCC12C. The van der Waals surface area contributed by atoms with Gasteiger partial charge in [-0.05, 0) is 104 Å². The monoisotopic (exact) mass is 463 g/mol. The number of aliphatic hydroxyl groups excluding tert-OH is 2. The van der Waals surface area contributed by atoms with Crippen LogP contribution in [0.2, 0.25) is 0 Å². The lowest BCUT2D eigenvalue weighted by molar-refractivity contribution is -0.199. The third-order valence-corrected chi connectivity index (χ3v) is 11.2. The second kappa shape index (κ2) is 9.14. The van der Waals surface area contributed by atoms with Gasteiger partial charge in [0.15, 0.2) is 0 Å². The van der Waals surface area contributed by atoms with Crippen molar-refractivity contribution in [2.75, 3.05) is 6.54 Å². The molecule has 6 heteroatoms. The summed E-state index contributed by atoms with van der Waals surface area (Å²) < 4.78 is 0. The van der Waals surface area contributed by atoms with Crippen molar-refractivity contribution < 1.29 is 24.9 Å². The number of rotatable bonds is 6. The minimum atomic E-state index is -1.01. The van der Waals surface area contributed by atoms with Gasteiger partial charge in [-0.15, -0.1) is 0 Å². The minimum absolute atomic E-state index is 0.178. The summed E-state index contributed by atoms with van der Waals surface area (Å²) in [5.41, 5.74) is 0.409. The van der Waals surface area contributed by atoms with Gasteiger partial charge in [-0.2, -0.15) is 0 Å². The van der Waals surface area contributed by atoms with E-state index < -0.39 is 5.97 Å². The number of carboxylic acids is 1. The molecule has 0 aromatic carbocycles. The van der Waals surface area contributed by atoms with Crippen LogP contribution in [-0.4, -0.2) is 45.9 Å². The number of aliphatic carboxylic acids is 1. The highest BCUT2D eigenvalue weighted by Gasteiger charge is 2.64. The van der Waals surface area contributed by atoms with E-state index in [-0.39, 0.29) is 41.4 Å². The molecule has 188 valence electrons. The van der Waals surface area contributed by atoms with Gasteiger partial charge in [0.05, 0.1) is 12.2 Å². The number of amides is 1. The summed E-state index contributed by atoms with van der Waals surface area (Å²) in [7, 11) is 0. The van der Waals surface area contributed by atoms with Crippen molar-refractivity contribution in [3.63, 3.8) is 0 Å². The topological polar surface area (TPSA) is 107 Å². The van der Waals surface area contributed by atoms with Crippen molar-refractivity contribution in [3.05, 3.63) is 0 Å². The number of aliphatic hydroxyl groups is 2. The zero-order valence-corrected chi connectivity index (χ0v) is 20.9. The predicted molar refractivity (Wildman–Crippen MR) is 126 cm³/mol. The van der Waals surface area contributed by atoms with Gasteiger partial charge < -0.3 is 20.6 Å². The Bertz CT molecular complexity index is 757. The zero-order valence-electron chi connectivity index (χ0n) is 20.9. The Balaban J connectivity index is 1.47. The Morgan fingerprint density at radius 1 is 1.00 bits per heavy atom. The van der Waals surface area contributed by atoms with E-state index >= 15 is 0 Å². The summed E-state index contributed by atoms with van der Waals surface area (Å²) in [5.74, 6) is 1.78. The molecule has 0 radical (unpaired) electrons. The third kappa shape index (κ3) is 4.24. The lowest BCUT2D eigenvalue weighted by Gasteiger charge is -2.64. The summed E-state index contributed by atoms with van der Waals surface area (Å²) >= 11 is 0. The third-order valence-electron chi connectivity index (χ3n) is 11.2. The Hall–Kier alpha value is -1.14. The molecule has 4 N–H and O–H groups in total. The fraction of sp³-hybridized carbons (Fsp3) is 0.926. The number of carbonyl (C=O) groups is 2. The molecule has 0 spiro atoms. The highest BCUT2D eigenvalue weighted by molar-refractivity contribution is 5.81. The summed E-state index contributed by atoms with van der Waals surface area (Å²) in [4.78, 5) is 22.8. The first-order valence-electron chi connectivity index (χ1n) is 13.3. The molecule has 0 aliphatic heterocycles. The molecule has 33 heavy (non-hydrogen) atoms. The van der Waals surface area contributed by atoms with E-state index in [1.54, 1.807) is 0 Å². The first-order valence-corrected chi connectivity index (χ1v) is 13.3. The minimum Gasteiger partial charge on any atom is -0.480 e. The van der Waals surface area contributed by atoms with E-state index in [0.29, 0.717) is 41.9 Å². The molecular weight excluding hydrogens is 418 g/mol. The molecule has 0 bridgehead atoms. The largest absolute Gasteiger partial charge is 0.480 e. The van der Waals surface area contributed by atoms with Crippen LogP contribution in [0.3, 0.4) is 0 Å². The maximum absolute atomic E-state index is 12.1. The Labute approximate surface area is 198 Å². The molecule has 0 saturated heterocycles. The summed E-state index contributed by atoms with van der Waals surface area (Å²) in [6.07, 6.45) is 8.11. The summed E-state index contributed by atoms with van der Waals surface area (Å²) in [5, 5.41) is 33.2. The van der Waals surface area contributed by atoms with E-state index in [1.165, 1.54) is 6.42 Å². The van der Waals surface area contributed by atoms with Crippen LogP contribution in [0.25, 0.3) is 0 Å². The van der Waals surface area contributed by atoms with Gasteiger partial charge in [0.2, 0.25) is 5.91 Å². The van der Waals surface area contributed by atoms with E-state index in [0.717, 1.165) is 44.9 Å². The van der Waals surface area contributed by atoms with Gasteiger partial charge in [-0.3, -0.25) is 9.59 Å². The number of fused-ring (bicyclic) bond motifs is 5. The van der Waals surface area contributed by atoms with Crippen LogP contribution in [0.1, 0.15) is 85.5 Å². The molecule has 6 nitrogen and oxygen atoms in total. The summed E-state index contributed by atoms with van der Waals surface area (Å²) in [6, 6.07) is 0. The number of hydrogen-bond acceptors (Lipinski definition) is 4. The normalized spacial score (nSPS) is 47.7. The van der Waals surface area contributed by atoms with Crippen molar-refractivity contribution in [1.29, 1.82) is 0 Å². The van der Waals surface area contributed by atoms with Crippen LogP contribution in [0, 0.1) is 52.3 Å². The van der Waals surface area contributed by atoms with Crippen LogP contribution in [0.15, 0.2) is 0 Å². The molecule has 0 heterocycles. The standard InChI is InChI=1S/C27H45NO5/c1-15(5-8-22(30)28-14-23(31)32)18-6-7-19-24-20(10-12-26(18,19)3)27(4)11-9-17(29)13-21(27)16(2)25(24)33/h15-21,24-25,29,33H,5-14H2,1-4H3,(H,28,30)(H,31,32)/t15-,16-,17-,18?,19+,20+,21?,24+,25-,26?,27?/m1/s1. The molecule has 11 atom stereocenters.